The molecule has 3 aromatic heterocycles. The number of aryl methyl sites for hydroxylation is 1. The molecule has 4 heterocycles. The number of carbonyl (C=O) groups is 2. The van der Waals surface area contributed by atoms with Gasteiger partial charge in [0.15, 0.2) is 5.82 Å². The fourth-order valence-corrected chi connectivity index (χ4v) is 7.72. The average molecular weight is 634 g/mol. The van der Waals surface area contributed by atoms with Crippen LogP contribution in [0.25, 0.3) is 44.8 Å². The molecule has 0 radical (unpaired) electrons. The molecule has 0 spiro atoms. The first kappa shape index (κ1) is 29.5. The van der Waals surface area contributed by atoms with Gasteiger partial charge in [0, 0.05) is 54.3 Å². The van der Waals surface area contributed by atoms with Crippen LogP contribution in [0.2, 0.25) is 0 Å². The maximum absolute atomic E-state index is 13.7. The van der Waals surface area contributed by atoms with Crippen LogP contribution >= 0.6 is 0 Å². The van der Waals surface area contributed by atoms with Gasteiger partial charge in [0.2, 0.25) is 5.91 Å². The van der Waals surface area contributed by atoms with Crippen LogP contribution in [0, 0.1) is 11.8 Å². The molecule has 1 aliphatic heterocycles. The number of primary amides is 1. The lowest BCUT2D eigenvalue weighted by Crippen LogP contribution is -2.41. The number of imidazole rings is 1. The lowest BCUT2D eigenvalue weighted by Gasteiger charge is -2.27. The number of hydrogen-bond acceptors (Lipinski definition) is 7. The third kappa shape index (κ3) is 4.91. The summed E-state index contributed by atoms with van der Waals surface area (Å²) in [5, 5.41) is 1.01. The lowest BCUT2D eigenvalue weighted by molar-refractivity contribution is -0.117. The number of hydrogen-bond donors (Lipinski definition) is 2. The van der Waals surface area contributed by atoms with Gasteiger partial charge in [-0.25, -0.2) is 9.97 Å². The summed E-state index contributed by atoms with van der Waals surface area (Å²) in [7, 11) is 5.21. The highest BCUT2D eigenvalue weighted by Gasteiger charge is 2.47. The summed E-state index contributed by atoms with van der Waals surface area (Å²) < 4.78 is 15.8. The van der Waals surface area contributed by atoms with Crippen molar-refractivity contribution in [3.8, 4) is 34.3 Å². The van der Waals surface area contributed by atoms with Gasteiger partial charge >= 0.3 is 0 Å². The smallest absolute Gasteiger partial charge is 0.254 e. The van der Waals surface area contributed by atoms with Crippen molar-refractivity contribution in [2.24, 2.45) is 30.4 Å². The topological polar surface area (TPSA) is 144 Å². The summed E-state index contributed by atoms with van der Waals surface area (Å²) in [5.74, 6) is 2.53. The molecule has 11 heteroatoms. The normalized spacial score (nSPS) is 20.4. The minimum absolute atomic E-state index is 0.0149. The van der Waals surface area contributed by atoms with Gasteiger partial charge in [-0.05, 0) is 73.9 Å². The van der Waals surface area contributed by atoms with Crippen molar-refractivity contribution in [1.29, 1.82) is 0 Å². The number of aromatic nitrogens is 4. The Labute approximate surface area is 272 Å². The molecule has 3 aliphatic rings. The van der Waals surface area contributed by atoms with Crippen LogP contribution in [0.4, 0.5) is 0 Å². The molecule has 2 aliphatic carbocycles. The zero-order valence-electron chi connectivity index (χ0n) is 26.9. The zero-order chi connectivity index (χ0) is 32.6. The predicted molar refractivity (Wildman–Crippen MR) is 179 cm³/mol. The number of benzene rings is 2. The minimum Gasteiger partial charge on any atom is -0.496 e. The maximum Gasteiger partial charge on any atom is 0.254 e. The largest absolute Gasteiger partial charge is 0.496 e. The summed E-state index contributed by atoms with van der Waals surface area (Å²) in [4.78, 5) is 37.5. The second-order valence-electron chi connectivity index (χ2n) is 13.3. The van der Waals surface area contributed by atoms with Crippen molar-refractivity contribution in [2.45, 2.75) is 50.7 Å². The number of pyridine rings is 1. The second-order valence-corrected chi connectivity index (χ2v) is 13.3. The van der Waals surface area contributed by atoms with Gasteiger partial charge in [-0.15, -0.1) is 0 Å². The Kier molecular flexibility index (Phi) is 6.98. The van der Waals surface area contributed by atoms with E-state index in [1.54, 1.807) is 14.2 Å². The van der Waals surface area contributed by atoms with E-state index in [1.807, 2.05) is 48.3 Å². The number of nitrogens with zero attached hydrogens (tertiary/aromatic N) is 5. The first-order valence-electron chi connectivity index (χ1n) is 16.3. The molecule has 3 fully saturated rings. The maximum atomic E-state index is 13.7. The molecule has 47 heavy (non-hydrogen) atoms. The Morgan fingerprint density at radius 1 is 0.957 bits per heavy atom. The summed E-state index contributed by atoms with van der Waals surface area (Å²) in [6.45, 7) is 1.54. The highest BCUT2D eigenvalue weighted by atomic mass is 16.5. The van der Waals surface area contributed by atoms with E-state index in [4.69, 9.17) is 30.9 Å². The van der Waals surface area contributed by atoms with Crippen LogP contribution in [0.5, 0.6) is 11.5 Å². The van der Waals surface area contributed by atoms with Crippen LogP contribution < -0.4 is 20.9 Å². The fraction of sp³-hybridized carbons (Fsp3) is 0.389. The molecule has 2 bridgehead atoms. The number of nitrogens with two attached hydrogens (primary N) is 2. The van der Waals surface area contributed by atoms with Gasteiger partial charge < -0.3 is 35.0 Å². The van der Waals surface area contributed by atoms with E-state index in [0.29, 0.717) is 41.0 Å². The van der Waals surface area contributed by atoms with Crippen molar-refractivity contribution >= 4 is 33.9 Å². The van der Waals surface area contributed by atoms with Crippen LogP contribution in [0.15, 0.2) is 48.5 Å². The van der Waals surface area contributed by atoms with Gasteiger partial charge in [-0.2, -0.15) is 0 Å². The zero-order valence-corrected chi connectivity index (χ0v) is 26.9. The Hall–Kier alpha value is -4.90. The van der Waals surface area contributed by atoms with E-state index in [0.717, 1.165) is 64.3 Å². The number of carbonyl (C=O) groups excluding carboxylic acids is 2. The van der Waals surface area contributed by atoms with E-state index in [9.17, 15) is 9.59 Å². The second kappa shape index (κ2) is 11.1. The number of piperidine rings is 1. The highest BCUT2D eigenvalue weighted by Crippen LogP contribution is 2.40. The molecule has 8 rings (SSSR count). The van der Waals surface area contributed by atoms with Crippen molar-refractivity contribution in [3.05, 3.63) is 59.7 Å². The Balaban J connectivity index is 1.21. The monoisotopic (exact) mass is 633 g/mol. The Morgan fingerprint density at radius 3 is 2.45 bits per heavy atom. The van der Waals surface area contributed by atoms with Crippen molar-refractivity contribution < 1.29 is 19.1 Å². The minimum atomic E-state index is -0.411. The molecule has 5 aromatic rings. The number of likely N-dealkylation sites (tertiary alicyclic amines) is 1. The van der Waals surface area contributed by atoms with Crippen molar-refractivity contribution in [3.63, 3.8) is 0 Å². The molecule has 1 saturated heterocycles. The van der Waals surface area contributed by atoms with Crippen LogP contribution in [-0.2, 0) is 24.8 Å². The Bertz CT molecular complexity index is 2080. The van der Waals surface area contributed by atoms with Crippen LogP contribution in [-0.4, -0.2) is 68.7 Å². The molecule has 3 unspecified atom stereocenters. The number of rotatable bonds is 9. The fourth-order valence-electron chi connectivity index (χ4n) is 7.72. The predicted octanol–water partition coefficient (Wildman–Crippen LogP) is 4.27. The van der Waals surface area contributed by atoms with E-state index in [2.05, 4.69) is 21.3 Å². The average Bonchev–Trinajstić information content (AvgIpc) is 3.47. The standard InChI is InChI=1S/C36H39N7O4/c1-41-33-26(12-24(15-30(33)47-3)36(45)43-18-23-9-11-27(43)32(23)38)40-35(41)28-13-22-8-10-25(39-34(22)42(28)17-19-4-5-19)20-6-7-21(16-31(37)44)29(14-20)46-2/h6-8,10,12-15,19,23,27,32H,4-5,9,11,16-18,38H2,1-3H3,(H2,37,44). The molecule has 242 valence electrons. The summed E-state index contributed by atoms with van der Waals surface area (Å²) >= 11 is 0. The van der Waals surface area contributed by atoms with Gasteiger partial charge in [0.05, 0.1) is 37.5 Å². The Morgan fingerprint density at radius 2 is 1.77 bits per heavy atom. The van der Waals surface area contributed by atoms with Gasteiger partial charge in [0.25, 0.3) is 5.91 Å². The van der Waals surface area contributed by atoms with Crippen LogP contribution in [0.3, 0.4) is 0 Å². The van der Waals surface area contributed by atoms with Crippen molar-refractivity contribution in [1.82, 2.24) is 24.0 Å². The first-order valence-corrected chi connectivity index (χ1v) is 16.3. The molecule has 2 saturated carbocycles. The van der Waals surface area contributed by atoms with E-state index in [1.165, 1.54) is 12.8 Å². The van der Waals surface area contributed by atoms with E-state index >= 15 is 0 Å². The van der Waals surface area contributed by atoms with Crippen molar-refractivity contribution in [2.75, 3.05) is 20.8 Å². The van der Waals surface area contributed by atoms with Gasteiger partial charge in [-0.3, -0.25) is 9.59 Å². The molecular weight excluding hydrogens is 594 g/mol. The SMILES string of the molecule is COc1cc(-c2ccc3cc(-c4nc5cc(C(=O)N6CC7CCC6C7N)cc(OC)c5n4C)n(CC4CC4)c3n2)ccc1CC(N)=O. The summed E-state index contributed by atoms with van der Waals surface area (Å²) in [5.41, 5.74) is 18.2. The van der Waals surface area contributed by atoms with Gasteiger partial charge in [-0.1, -0.05) is 12.1 Å². The van der Waals surface area contributed by atoms with Gasteiger partial charge in [0.1, 0.15) is 22.7 Å². The lowest BCUT2D eigenvalue weighted by atomic mass is 10.0. The number of methoxy groups -OCH3 is 2. The molecule has 2 aromatic carbocycles. The summed E-state index contributed by atoms with van der Waals surface area (Å²) in [6, 6.07) is 15.8. The van der Waals surface area contributed by atoms with E-state index < -0.39 is 5.91 Å². The molecule has 3 atom stereocenters. The van der Waals surface area contributed by atoms with Crippen LogP contribution in [0.1, 0.15) is 41.6 Å². The number of ether oxygens (including phenoxy) is 2. The summed E-state index contributed by atoms with van der Waals surface area (Å²) in [6.07, 6.45) is 4.52. The quantitative estimate of drug-likeness (QED) is 0.247. The van der Waals surface area contributed by atoms with E-state index in [-0.39, 0.29) is 24.4 Å². The molecule has 4 N–H and O–H groups in total. The number of fused-ring (bicyclic) bond motifs is 4. The number of amides is 2. The molecule has 11 nitrogen and oxygen atoms in total. The molecule has 2 amide bonds. The highest BCUT2D eigenvalue weighted by molar-refractivity contribution is 6.00. The first-order chi connectivity index (χ1) is 22.7. The molecular formula is C36H39N7O4. The third-order valence-electron chi connectivity index (χ3n) is 10.4. The third-order valence-corrected chi connectivity index (χ3v) is 10.4.